The maximum absolute atomic E-state index is 12.9. The highest BCUT2D eigenvalue weighted by Crippen LogP contribution is 2.49. The molecular weight excluding hydrogens is 532 g/mol. The number of thiophene rings is 1. The van der Waals surface area contributed by atoms with Gasteiger partial charge in [0.25, 0.3) is 5.60 Å². The lowest BCUT2D eigenvalue weighted by Crippen LogP contribution is -2.54. The van der Waals surface area contributed by atoms with Crippen LogP contribution in [-0.4, -0.2) is 71.1 Å². The van der Waals surface area contributed by atoms with Crippen LogP contribution in [0.15, 0.2) is 28.7 Å². The van der Waals surface area contributed by atoms with Gasteiger partial charge in [-0.05, 0) is 42.8 Å². The molecule has 2 aliphatic rings. The van der Waals surface area contributed by atoms with Gasteiger partial charge in [-0.3, -0.25) is 0 Å². The number of alkyl halides is 6. The first-order chi connectivity index (χ1) is 16.8. The molecule has 2 aromatic heterocycles. The molecule has 0 radical (unpaired) electrons. The van der Waals surface area contributed by atoms with E-state index in [1.165, 1.54) is 36.1 Å². The summed E-state index contributed by atoms with van der Waals surface area (Å²) in [7, 11) is 0. The number of piperazine rings is 1. The fourth-order valence-electron chi connectivity index (χ4n) is 3.46. The second-order valence-corrected chi connectivity index (χ2v) is 10.9. The van der Waals surface area contributed by atoms with Gasteiger partial charge in [0, 0.05) is 57.3 Å². The fourth-order valence-corrected chi connectivity index (χ4v) is 5.45. The number of anilines is 2. The van der Waals surface area contributed by atoms with E-state index in [4.69, 9.17) is 10.5 Å². The zero-order chi connectivity index (χ0) is 26.6. The molecule has 4 rings (SSSR count). The minimum atomic E-state index is -5.97. The molecule has 7 nitrogen and oxygen atoms in total. The zero-order valence-electron chi connectivity index (χ0n) is 19.3. The second kappa shape index (κ2) is 11.7. The Hall–Kier alpha value is -1.81. The van der Waals surface area contributed by atoms with Crippen molar-refractivity contribution in [3.05, 3.63) is 30.1 Å². The van der Waals surface area contributed by atoms with Crippen LogP contribution in [0.1, 0.15) is 25.3 Å². The average Bonchev–Trinajstić information content (AvgIpc) is 3.23. The van der Waals surface area contributed by atoms with Crippen molar-refractivity contribution in [3.63, 3.8) is 0 Å². The lowest BCUT2D eigenvalue weighted by Gasteiger charge is -2.34. The van der Waals surface area contributed by atoms with Crippen LogP contribution in [-0.2, 0) is 10.3 Å². The Morgan fingerprint density at radius 1 is 1.00 bits per heavy atom. The number of nitrogens with zero attached hydrogens (tertiary/aromatic N) is 4. The van der Waals surface area contributed by atoms with Crippen molar-refractivity contribution in [1.82, 2.24) is 14.3 Å². The predicted octanol–water partition coefficient (Wildman–Crippen LogP) is 4.69. The van der Waals surface area contributed by atoms with E-state index in [9.17, 15) is 31.4 Å². The third-order valence-electron chi connectivity index (χ3n) is 5.73. The lowest BCUT2D eigenvalue weighted by atomic mass is 9.95. The monoisotopic (exact) mass is 559 g/mol. The van der Waals surface area contributed by atoms with Crippen LogP contribution in [0, 0.1) is 5.92 Å². The number of nitrogens with two attached hydrogens (primary N) is 1. The van der Waals surface area contributed by atoms with E-state index < -0.39 is 23.5 Å². The summed E-state index contributed by atoms with van der Waals surface area (Å²) in [5, 5.41) is 10.1. The highest BCUT2D eigenvalue weighted by molar-refractivity contribution is 7.99. The van der Waals surface area contributed by atoms with Gasteiger partial charge in [0.05, 0.1) is 9.21 Å². The summed E-state index contributed by atoms with van der Waals surface area (Å²) >= 11 is 2.95. The van der Waals surface area contributed by atoms with E-state index in [-0.39, 0.29) is 5.95 Å². The number of nitrogen functional groups attached to an aromatic ring is 1. The summed E-state index contributed by atoms with van der Waals surface area (Å²) in [6, 6.07) is 3.68. The van der Waals surface area contributed by atoms with Gasteiger partial charge in [-0.15, -0.1) is 11.3 Å². The van der Waals surface area contributed by atoms with E-state index in [1.54, 1.807) is 11.0 Å². The van der Waals surface area contributed by atoms with Crippen LogP contribution in [0.3, 0.4) is 0 Å². The molecule has 2 aromatic rings. The Bertz CT molecular complexity index is 945. The number of halogens is 6. The van der Waals surface area contributed by atoms with Crippen LogP contribution in [0.4, 0.5) is 37.3 Å². The zero-order valence-corrected chi connectivity index (χ0v) is 21.0. The normalized spacial score (nSPS) is 18.6. The first-order valence-corrected chi connectivity index (χ1v) is 12.7. The van der Waals surface area contributed by atoms with Crippen molar-refractivity contribution in [2.75, 3.05) is 50.0 Å². The number of ether oxygens (including phenoxy) is 1. The topological polar surface area (TPSA) is 87.7 Å². The SMILES string of the molecule is CC1CCOCC1.Nc1ccc(SN2CCN(c3ncc(C(O)(C(F)(F)F)C(F)(F)F)cn3)CC2)s1. The molecule has 3 N–H and O–H groups in total. The minimum absolute atomic E-state index is 0.00883. The first kappa shape index (κ1) is 28.8. The van der Waals surface area contributed by atoms with Gasteiger partial charge in [0.1, 0.15) is 0 Å². The van der Waals surface area contributed by atoms with E-state index >= 15 is 0 Å². The van der Waals surface area contributed by atoms with Crippen molar-refractivity contribution < 1.29 is 36.2 Å². The fraction of sp³-hybridized carbons (Fsp3) is 0.619. The van der Waals surface area contributed by atoms with Crippen LogP contribution in [0.2, 0.25) is 0 Å². The lowest BCUT2D eigenvalue weighted by molar-refractivity contribution is -0.376. The van der Waals surface area contributed by atoms with Crippen molar-refractivity contribution >= 4 is 34.2 Å². The third-order valence-corrected chi connectivity index (χ3v) is 7.85. The molecule has 0 saturated carbocycles. The standard InChI is InChI=1S/C15H15F6N5OS2.C6H12O/c16-14(17,18)13(27,15(19,20)21)9-7-23-12(24-8-9)25-3-5-26(6-4-25)29-11-2-1-10(22)28-11;1-6-2-4-7-5-3-6/h1-2,7-8,27H,3-6,22H2;6H,2-5H2,1H3. The van der Waals surface area contributed by atoms with Gasteiger partial charge in [-0.1, -0.05) is 6.92 Å². The van der Waals surface area contributed by atoms with Crippen LogP contribution < -0.4 is 10.6 Å². The molecule has 0 amide bonds. The van der Waals surface area contributed by atoms with E-state index in [2.05, 4.69) is 21.2 Å². The molecule has 15 heteroatoms. The quantitative estimate of drug-likeness (QED) is 0.412. The van der Waals surface area contributed by atoms with Gasteiger partial charge in [-0.2, -0.15) is 26.3 Å². The number of rotatable bonds is 4. The Labute approximate surface area is 212 Å². The predicted molar refractivity (Wildman–Crippen MR) is 126 cm³/mol. The molecule has 0 spiro atoms. The molecule has 0 bridgehead atoms. The van der Waals surface area contributed by atoms with Crippen molar-refractivity contribution in [2.24, 2.45) is 5.92 Å². The second-order valence-electron chi connectivity index (χ2n) is 8.44. The Morgan fingerprint density at radius 2 is 1.56 bits per heavy atom. The molecule has 2 aliphatic heterocycles. The number of aliphatic hydroxyl groups is 1. The van der Waals surface area contributed by atoms with Crippen LogP contribution in [0.5, 0.6) is 0 Å². The maximum atomic E-state index is 12.9. The molecule has 36 heavy (non-hydrogen) atoms. The molecule has 0 aliphatic carbocycles. The molecule has 2 fully saturated rings. The highest BCUT2D eigenvalue weighted by Gasteiger charge is 2.71. The van der Waals surface area contributed by atoms with Gasteiger partial charge >= 0.3 is 12.4 Å². The summed E-state index contributed by atoms with van der Waals surface area (Å²) in [4.78, 5) is 8.89. The molecule has 202 valence electrons. The number of aromatic nitrogens is 2. The Morgan fingerprint density at radius 3 is 1.97 bits per heavy atom. The number of hydrogen-bond acceptors (Lipinski definition) is 9. The third kappa shape index (κ3) is 6.94. The molecule has 4 heterocycles. The van der Waals surface area contributed by atoms with Gasteiger partial charge in [-0.25, -0.2) is 14.3 Å². The van der Waals surface area contributed by atoms with Gasteiger partial charge in [0.15, 0.2) is 0 Å². The molecule has 0 aromatic carbocycles. The molecule has 0 unspecified atom stereocenters. The average molecular weight is 560 g/mol. The van der Waals surface area contributed by atoms with Crippen molar-refractivity contribution in [3.8, 4) is 0 Å². The molecular formula is C21H27F6N5O2S2. The summed E-state index contributed by atoms with van der Waals surface area (Å²) in [5.74, 6) is 0.902. The van der Waals surface area contributed by atoms with Crippen LogP contribution in [0.25, 0.3) is 0 Å². The smallest absolute Gasteiger partial charge is 0.391 e. The summed E-state index contributed by atoms with van der Waals surface area (Å²) in [6.07, 6.45) is -8.69. The van der Waals surface area contributed by atoms with Crippen molar-refractivity contribution in [2.45, 2.75) is 41.9 Å². The Balaban J connectivity index is 0.000000444. The van der Waals surface area contributed by atoms with Gasteiger partial charge in [0.2, 0.25) is 5.95 Å². The minimum Gasteiger partial charge on any atom is -0.391 e. The van der Waals surface area contributed by atoms with E-state index in [1.807, 2.05) is 6.07 Å². The summed E-state index contributed by atoms with van der Waals surface area (Å²) in [6.45, 7) is 6.25. The van der Waals surface area contributed by atoms with Crippen molar-refractivity contribution in [1.29, 1.82) is 0 Å². The summed E-state index contributed by atoms with van der Waals surface area (Å²) < 4.78 is 85.7. The first-order valence-electron chi connectivity index (χ1n) is 11.1. The Kier molecular flexibility index (Phi) is 9.36. The number of hydrogen-bond donors (Lipinski definition) is 2. The van der Waals surface area contributed by atoms with E-state index in [0.29, 0.717) is 43.6 Å². The summed E-state index contributed by atoms with van der Waals surface area (Å²) in [5.41, 5.74) is -0.831. The van der Waals surface area contributed by atoms with E-state index in [0.717, 1.165) is 23.3 Å². The maximum Gasteiger partial charge on any atom is 0.430 e. The van der Waals surface area contributed by atoms with Gasteiger partial charge < -0.3 is 20.5 Å². The largest absolute Gasteiger partial charge is 0.430 e. The molecule has 2 saturated heterocycles. The highest BCUT2D eigenvalue weighted by atomic mass is 32.2. The van der Waals surface area contributed by atoms with Crippen LogP contribution >= 0.6 is 23.3 Å². The molecule has 0 atom stereocenters.